The van der Waals surface area contributed by atoms with Crippen LogP contribution in [0.15, 0.2) is 60.7 Å². The van der Waals surface area contributed by atoms with Crippen molar-refractivity contribution in [3.63, 3.8) is 0 Å². The first-order valence-corrected chi connectivity index (χ1v) is 9.62. The van der Waals surface area contributed by atoms with Crippen LogP contribution in [0.4, 0.5) is 4.79 Å². The first kappa shape index (κ1) is 19.2. The van der Waals surface area contributed by atoms with E-state index in [2.05, 4.69) is 0 Å². The van der Waals surface area contributed by atoms with E-state index in [1.54, 1.807) is 11.0 Å². The second-order valence-electron chi connectivity index (χ2n) is 7.14. The average molecular weight is 393 g/mol. The van der Waals surface area contributed by atoms with Gasteiger partial charge in [-0.1, -0.05) is 54.6 Å². The number of morpholine rings is 1. The summed E-state index contributed by atoms with van der Waals surface area (Å²) in [5, 5.41) is 0. The van der Waals surface area contributed by atoms with Crippen molar-refractivity contribution in [1.82, 2.24) is 4.90 Å². The number of amides is 1. The predicted octanol–water partition coefficient (Wildman–Crippen LogP) is 3.67. The van der Waals surface area contributed by atoms with E-state index in [9.17, 15) is 9.59 Å². The summed E-state index contributed by atoms with van der Waals surface area (Å²) in [4.78, 5) is 26.7. The zero-order chi connectivity index (χ0) is 20.2. The molecule has 0 spiro atoms. The van der Waals surface area contributed by atoms with E-state index in [4.69, 9.17) is 14.2 Å². The molecule has 6 nitrogen and oxygen atoms in total. The van der Waals surface area contributed by atoms with Crippen LogP contribution in [0.5, 0.6) is 0 Å². The topological polar surface area (TPSA) is 65.1 Å². The van der Waals surface area contributed by atoms with Crippen LogP contribution in [0.3, 0.4) is 0 Å². The summed E-state index contributed by atoms with van der Waals surface area (Å²) in [5.41, 5.74) is 3.34. The van der Waals surface area contributed by atoms with Gasteiger partial charge in [-0.05, 0) is 29.2 Å². The zero-order valence-electron chi connectivity index (χ0n) is 16.2. The number of nitrogens with zero attached hydrogens (tertiary/aromatic N) is 1. The molecule has 2 aromatic rings. The van der Waals surface area contributed by atoms with Gasteiger partial charge in [0.25, 0.3) is 0 Å². The summed E-state index contributed by atoms with van der Waals surface area (Å²) < 4.78 is 16.1. The van der Waals surface area contributed by atoms with E-state index in [-0.39, 0.29) is 30.8 Å². The van der Waals surface area contributed by atoms with Crippen molar-refractivity contribution in [3.05, 3.63) is 77.4 Å². The fraction of sp³-hybridized carbons (Fsp3) is 0.304. The summed E-state index contributed by atoms with van der Waals surface area (Å²) in [6.07, 6.45) is 2.25. The summed E-state index contributed by atoms with van der Waals surface area (Å²) in [7, 11) is 1.38. The van der Waals surface area contributed by atoms with Gasteiger partial charge in [0, 0.05) is 0 Å². The fourth-order valence-corrected chi connectivity index (χ4v) is 3.93. The van der Waals surface area contributed by atoms with Crippen LogP contribution in [0.1, 0.15) is 27.9 Å². The maximum absolute atomic E-state index is 12.8. The molecule has 2 aliphatic heterocycles. The van der Waals surface area contributed by atoms with Gasteiger partial charge in [-0.3, -0.25) is 4.90 Å². The first-order valence-electron chi connectivity index (χ1n) is 9.62. The van der Waals surface area contributed by atoms with E-state index in [0.717, 1.165) is 16.7 Å². The van der Waals surface area contributed by atoms with E-state index < -0.39 is 0 Å². The smallest absolute Gasteiger partial charge is 0.411 e. The molecule has 0 aliphatic carbocycles. The first-order chi connectivity index (χ1) is 14.2. The molecule has 1 saturated heterocycles. The molecule has 2 unspecified atom stereocenters. The Hall–Kier alpha value is -3.12. The van der Waals surface area contributed by atoms with Gasteiger partial charge in [-0.15, -0.1) is 0 Å². The van der Waals surface area contributed by atoms with Crippen LogP contribution in [0, 0.1) is 0 Å². The van der Waals surface area contributed by atoms with Gasteiger partial charge in [0.1, 0.15) is 6.61 Å². The van der Waals surface area contributed by atoms with Crippen molar-refractivity contribution in [2.24, 2.45) is 0 Å². The Morgan fingerprint density at radius 3 is 2.59 bits per heavy atom. The third-order valence-corrected chi connectivity index (χ3v) is 5.29. The van der Waals surface area contributed by atoms with Gasteiger partial charge in [0.15, 0.2) is 0 Å². The van der Waals surface area contributed by atoms with Crippen LogP contribution in [-0.2, 0) is 20.8 Å². The molecule has 2 bridgehead atoms. The maximum Gasteiger partial charge on any atom is 0.411 e. The summed E-state index contributed by atoms with van der Waals surface area (Å²) in [6, 6.07) is 16.6. The van der Waals surface area contributed by atoms with E-state index in [1.165, 1.54) is 7.11 Å². The van der Waals surface area contributed by atoms with Crippen LogP contribution in [0.2, 0.25) is 0 Å². The molecule has 0 radical (unpaired) electrons. The number of carbonyl (C=O) groups excluding carboxylic acids is 2. The SMILES string of the molecule is COC(=O)c1ccccc1C1=CC2COCC(C1)N2C(=O)OCc1ccccc1. The summed E-state index contributed by atoms with van der Waals surface area (Å²) in [6.45, 7) is 1.08. The minimum atomic E-state index is -0.368. The predicted molar refractivity (Wildman–Crippen MR) is 107 cm³/mol. The lowest BCUT2D eigenvalue weighted by Crippen LogP contribution is -2.56. The Labute approximate surface area is 169 Å². The molecule has 29 heavy (non-hydrogen) atoms. The standard InChI is InChI=1S/C23H23NO5/c1-27-22(25)21-10-6-5-9-20(21)17-11-18-14-28-15-19(12-17)24(18)23(26)29-13-16-7-3-2-4-8-16/h2-11,18-19H,12-15H2,1H3. The van der Waals surface area contributed by atoms with Crippen molar-refractivity contribution in [2.45, 2.75) is 25.1 Å². The number of rotatable bonds is 4. The highest BCUT2D eigenvalue weighted by molar-refractivity contribution is 5.95. The van der Waals surface area contributed by atoms with Crippen LogP contribution in [-0.4, -0.2) is 49.4 Å². The number of methoxy groups -OCH3 is 1. The lowest BCUT2D eigenvalue weighted by Gasteiger charge is -2.44. The monoisotopic (exact) mass is 393 g/mol. The molecule has 1 amide bonds. The Bertz CT molecular complexity index is 924. The van der Waals surface area contributed by atoms with Crippen molar-refractivity contribution in [3.8, 4) is 0 Å². The molecule has 0 saturated carbocycles. The van der Waals surface area contributed by atoms with Gasteiger partial charge < -0.3 is 14.2 Å². The van der Waals surface area contributed by atoms with Crippen molar-refractivity contribution < 1.29 is 23.8 Å². The number of carbonyl (C=O) groups is 2. The van der Waals surface area contributed by atoms with Crippen molar-refractivity contribution >= 4 is 17.6 Å². The molecule has 0 N–H and O–H groups in total. The number of ether oxygens (including phenoxy) is 3. The van der Waals surface area contributed by atoms with Gasteiger partial charge in [-0.25, -0.2) is 9.59 Å². The lowest BCUT2D eigenvalue weighted by atomic mass is 9.88. The highest BCUT2D eigenvalue weighted by atomic mass is 16.6. The number of hydrogen-bond donors (Lipinski definition) is 0. The second-order valence-corrected chi connectivity index (χ2v) is 7.14. The molecule has 2 heterocycles. The molecule has 4 rings (SSSR count). The summed E-state index contributed by atoms with van der Waals surface area (Å²) in [5.74, 6) is -0.368. The minimum Gasteiger partial charge on any atom is -0.465 e. The highest BCUT2D eigenvalue weighted by Crippen LogP contribution is 2.34. The molecule has 2 aliphatic rings. The average Bonchev–Trinajstić information content (AvgIpc) is 2.76. The Morgan fingerprint density at radius 2 is 1.83 bits per heavy atom. The quantitative estimate of drug-likeness (QED) is 0.742. The highest BCUT2D eigenvalue weighted by Gasteiger charge is 2.39. The normalized spacial score (nSPS) is 20.6. The van der Waals surface area contributed by atoms with Crippen molar-refractivity contribution in [1.29, 1.82) is 0 Å². The van der Waals surface area contributed by atoms with Gasteiger partial charge in [0.05, 0.1) is 38.0 Å². The summed E-state index contributed by atoms with van der Waals surface area (Å²) >= 11 is 0. The number of esters is 1. The number of fused-ring (bicyclic) bond motifs is 2. The van der Waals surface area contributed by atoms with Crippen LogP contribution >= 0.6 is 0 Å². The second kappa shape index (κ2) is 8.49. The Kier molecular flexibility index (Phi) is 5.62. The molecule has 6 heteroatoms. The molecule has 2 atom stereocenters. The molecule has 2 aromatic carbocycles. The number of benzene rings is 2. The lowest BCUT2D eigenvalue weighted by molar-refractivity contribution is -0.0342. The molecular formula is C23H23NO5. The molecule has 150 valence electrons. The Morgan fingerprint density at radius 1 is 1.07 bits per heavy atom. The third-order valence-electron chi connectivity index (χ3n) is 5.29. The molecule has 0 aromatic heterocycles. The zero-order valence-corrected chi connectivity index (χ0v) is 16.2. The van der Waals surface area contributed by atoms with Gasteiger partial charge in [-0.2, -0.15) is 0 Å². The van der Waals surface area contributed by atoms with E-state index in [0.29, 0.717) is 25.2 Å². The van der Waals surface area contributed by atoms with E-state index in [1.807, 2.05) is 54.6 Å². The largest absolute Gasteiger partial charge is 0.465 e. The van der Waals surface area contributed by atoms with Gasteiger partial charge >= 0.3 is 12.1 Å². The van der Waals surface area contributed by atoms with E-state index >= 15 is 0 Å². The van der Waals surface area contributed by atoms with Gasteiger partial charge in [0.2, 0.25) is 0 Å². The maximum atomic E-state index is 12.8. The Balaban J connectivity index is 1.55. The van der Waals surface area contributed by atoms with Crippen molar-refractivity contribution in [2.75, 3.05) is 20.3 Å². The minimum absolute atomic E-state index is 0.136. The third kappa shape index (κ3) is 4.03. The fourth-order valence-electron chi connectivity index (χ4n) is 3.93. The van der Waals surface area contributed by atoms with Crippen LogP contribution in [0.25, 0.3) is 5.57 Å². The van der Waals surface area contributed by atoms with Crippen LogP contribution < -0.4 is 0 Å². The molecular weight excluding hydrogens is 370 g/mol. The number of hydrogen-bond acceptors (Lipinski definition) is 5. The molecule has 1 fully saturated rings.